The van der Waals surface area contributed by atoms with E-state index in [1.54, 1.807) is 24.3 Å². The number of esters is 1. The fourth-order valence-electron chi connectivity index (χ4n) is 3.70. The summed E-state index contributed by atoms with van der Waals surface area (Å²) in [5.74, 6) is -0.687. The second kappa shape index (κ2) is 9.42. The van der Waals surface area contributed by atoms with Gasteiger partial charge in [0, 0.05) is 11.4 Å². The number of carbonyl (C=O) groups excluding carboxylic acids is 2. The Labute approximate surface area is 196 Å². The average Bonchev–Trinajstić information content (AvgIpc) is 3.33. The Morgan fingerprint density at radius 1 is 0.735 bits per heavy atom. The van der Waals surface area contributed by atoms with Gasteiger partial charge in [0.25, 0.3) is 5.91 Å². The highest BCUT2D eigenvalue weighted by Gasteiger charge is 2.22. The van der Waals surface area contributed by atoms with Crippen LogP contribution in [-0.2, 0) is 9.53 Å². The van der Waals surface area contributed by atoms with Gasteiger partial charge in [-0.1, -0.05) is 60.7 Å². The van der Waals surface area contributed by atoms with E-state index < -0.39 is 12.6 Å². The second-order valence-corrected chi connectivity index (χ2v) is 7.51. The van der Waals surface area contributed by atoms with E-state index in [4.69, 9.17) is 9.15 Å². The van der Waals surface area contributed by atoms with E-state index in [2.05, 4.69) is 4.98 Å². The van der Waals surface area contributed by atoms with Crippen LogP contribution in [0.15, 0.2) is 114 Å². The van der Waals surface area contributed by atoms with Gasteiger partial charge in [-0.25, -0.2) is 9.78 Å². The molecule has 0 atom stereocenters. The lowest BCUT2D eigenvalue weighted by Crippen LogP contribution is -2.30. The molecule has 4 aromatic carbocycles. The molecule has 34 heavy (non-hydrogen) atoms. The molecule has 166 valence electrons. The Morgan fingerprint density at radius 2 is 1.32 bits per heavy atom. The van der Waals surface area contributed by atoms with E-state index in [1.165, 1.54) is 4.90 Å². The second-order valence-electron chi connectivity index (χ2n) is 7.51. The predicted molar refractivity (Wildman–Crippen MR) is 130 cm³/mol. The third-order valence-electron chi connectivity index (χ3n) is 5.28. The van der Waals surface area contributed by atoms with Gasteiger partial charge in [0.2, 0.25) is 5.89 Å². The molecule has 0 spiro atoms. The van der Waals surface area contributed by atoms with Crippen molar-refractivity contribution in [2.45, 2.75) is 0 Å². The van der Waals surface area contributed by atoms with E-state index in [0.717, 1.165) is 0 Å². The van der Waals surface area contributed by atoms with Gasteiger partial charge in [-0.15, -0.1) is 0 Å². The minimum absolute atomic E-state index is 0.271. The molecule has 0 fully saturated rings. The number of fused-ring (bicyclic) bond motifs is 1. The van der Waals surface area contributed by atoms with E-state index >= 15 is 0 Å². The summed E-state index contributed by atoms with van der Waals surface area (Å²) in [6, 6.07) is 32.7. The summed E-state index contributed by atoms with van der Waals surface area (Å²) in [5, 5.41) is 0. The van der Waals surface area contributed by atoms with Crippen LogP contribution in [0.25, 0.3) is 22.6 Å². The van der Waals surface area contributed by atoms with E-state index in [-0.39, 0.29) is 11.5 Å². The summed E-state index contributed by atoms with van der Waals surface area (Å²) in [4.78, 5) is 32.2. The summed E-state index contributed by atoms with van der Waals surface area (Å²) >= 11 is 0. The molecule has 0 aliphatic carbocycles. The number of aromatic nitrogens is 1. The van der Waals surface area contributed by atoms with Crippen LogP contribution >= 0.6 is 0 Å². The van der Waals surface area contributed by atoms with Crippen molar-refractivity contribution in [3.8, 4) is 11.5 Å². The van der Waals surface area contributed by atoms with Crippen molar-refractivity contribution < 1.29 is 18.7 Å². The molecule has 1 heterocycles. The number of hydrogen-bond acceptors (Lipinski definition) is 5. The number of carbonyl (C=O) groups is 2. The maximum Gasteiger partial charge on any atom is 0.339 e. The quantitative estimate of drug-likeness (QED) is 0.297. The number of oxazole rings is 1. The van der Waals surface area contributed by atoms with Crippen LogP contribution in [0, 0.1) is 0 Å². The highest BCUT2D eigenvalue weighted by Crippen LogP contribution is 2.28. The molecule has 0 saturated heterocycles. The Balaban J connectivity index is 1.38. The van der Waals surface area contributed by atoms with E-state index in [0.29, 0.717) is 33.9 Å². The van der Waals surface area contributed by atoms with Crippen LogP contribution in [0.5, 0.6) is 0 Å². The van der Waals surface area contributed by atoms with Crippen LogP contribution in [0.4, 0.5) is 11.4 Å². The summed E-state index contributed by atoms with van der Waals surface area (Å²) in [6.45, 7) is -0.426. The van der Waals surface area contributed by atoms with Gasteiger partial charge in [0.05, 0.1) is 11.1 Å². The average molecular weight is 448 g/mol. The Hall–Kier alpha value is -4.71. The van der Waals surface area contributed by atoms with Gasteiger partial charge >= 0.3 is 5.97 Å². The van der Waals surface area contributed by atoms with Crippen molar-refractivity contribution in [3.05, 3.63) is 115 Å². The molecule has 6 nitrogen and oxygen atoms in total. The largest absolute Gasteiger partial charge is 0.452 e. The fourth-order valence-corrected chi connectivity index (χ4v) is 3.70. The fraction of sp³-hybridized carbons (Fsp3) is 0.0357. The summed E-state index contributed by atoms with van der Waals surface area (Å²) in [6.07, 6.45) is 0. The lowest BCUT2D eigenvalue weighted by molar-refractivity contribution is -0.120. The lowest BCUT2D eigenvalue weighted by Gasteiger charge is -2.23. The third-order valence-corrected chi connectivity index (χ3v) is 5.28. The molecule has 5 rings (SSSR count). The van der Waals surface area contributed by atoms with Crippen LogP contribution in [0.1, 0.15) is 10.4 Å². The zero-order valence-electron chi connectivity index (χ0n) is 18.1. The summed E-state index contributed by atoms with van der Waals surface area (Å²) in [7, 11) is 0. The zero-order chi connectivity index (χ0) is 23.3. The van der Waals surface area contributed by atoms with Gasteiger partial charge in [0.1, 0.15) is 5.52 Å². The normalized spacial score (nSPS) is 10.7. The van der Waals surface area contributed by atoms with Crippen molar-refractivity contribution >= 4 is 34.4 Å². The maximum absolute atomic E-state index is 13.2. The van der Waals surface area contributed by atoms with Gasteiger partial charge in [-0.2, -0.15) is 0 Å². The third kappa shape index (κ3) is 4.29. The molecule has 0 saturated carbocycles. The minimum Gasteiger partial charge on any atom is -0.452 e. The van der Waals surface area contributed by atoms with Crippen molar-refractivity contribution in [3.63, 3.8) is 0 Å². The van der Waals surface area contributed by atoms with Crippen LogP contribution < -0.4 is 4.90 Å². The molecule has 6 heteroatoms. The van der Waals surface area contributed by atoms with Gasteiger partial charge in [0.15, 0.2) is 12.2 Å². The number of rotatable bonds is 6. The molecule has 1 amide bonds. The number of benzene rings is 4. The van der Waals surface area contributed by atoms with Crippen molar-refractivity contribution in [2.24, 2.45) is 0 Å². The molecule has 0 unspecified atom stereocenters. The Morgan fingerprint density at radius 3 is 2.00 bits per heavy atom. The predicted octanol–water partition coefficient (Wildman–Crippen LogP) is 6.02. The number of nitrogens with zero attached hydrogens (tertiary/aromatic N) is 2. The number of anilines is 2. The molecule has 0 aliphatic heterocycles. The molecular weight excluding hydrogens is 428 g/mol. The topological polar surface area (TPSA) is 72.6 Å². The van der Waals surface area contributed by atoms with Gasteiger partial charge in [-0.05, 0) is 48.5 Å². The number of hydrogen-bond donors (Lipinski definition) is 0. The van der Waals surface area contributed by atoms with Crippen LogP contribution in [-0.4, -0.2) is 23.5 Å². The monoisotopic (exact) mass is 448 g/mol. The smallest absolute Gasteiger partial charge is 0.339 e. The van der Waals surface area contributed by atoms with Gasteiger partial charge < -0.3 is 9.15 Å². The van der Waals surface area contributed by atoms with E-state index in [9.17, 15) is 9.59 Å². The van der Waals surface area contributed by atoms with Crippen molar-refractivity contribution in [2.75, 3.05) is 11.5 Å². The Bertz CT molecular complexity index is 1370. The number of ether oxygens (including phenoxy) is 1. The molecular formula is C28H20N2O4. The minimum atomic E-state index is -0.632. The maximum atomic E-state index is 13.2. The molecule has 0 bridgehead atoms. The Kier molecular flexibility index (Phi) is 5.86. The van der Waals surface area contributed by atoms with E-state index in [1.807, 2.05) is 84.9 Å². The first kappa shape index (κ1) is 21.2. The van der Waals surface area contributed by atoms with Crippen LogP contribution in [0.3, 0.4) is 0 Å². The standard InChI is InChI=1S/C28H20N2O4/c31-26(30(20-11-3-1-4-12-20)21-13-5-2-6-14-21)19-33-28(32)23-16-8-7-15-22(23)27-29-24-17-9-10-18-25(24)34-27/h1-18H,19H2. The number of amides is 1. The molecule has 5 aromatic rings. The van der Waals surface area contributed by atoms with Crippen molar-refractivity contribution in [1.82, 2.24) is 4.98 Å². The number of para-hydroxylation sites is 4. The molecule has 1 aromatic heterocycles. The zero-order valence-corrected chi connectivity index (χ0v) is 18.1. The summed E-state index contributed by atoms with van der Waals surface area (Å²) < 4.78 is 11.3. The highest BCUT2D eigenvalue weighted by molar-refractivity contribution is 6.03. The SMILES string of the molecule is O=C(OCC(=O)N(c1ccccc1)c1ccccc1)c1ccccc1-c1nc2ccccc2o1. The highest BCUT2D eigenvalue weighted by atomic mass is 16.5. The molecule has 0 aliphatic rings. The van der Waals surface area contributed by atoms with Crippen molar-refractivity contribution in [1.29, 1.82) is 0 Å². The lowest BCUT2D eigenvalue weighted by atomic mass is 10.1. The first-order valence-electron chi connectivity index (χ1n) is 10.8. The summed E-state index contributed by atoms with van der Waals surface area (Å²) in [5.41, 5.74) is 3.45. The van der Waals surface area contributed by atoms with Gasteiger partial charge in [-0.3, -0.25) is 9.69 Å². The molecule has 0 radical (unpaired) electrons. The molecule has 0 N–H and O–H groups in total. The first-order chi connectivity index (χ1) is 16.7. The first-order valence-corrected chi connectivity index (χ1v) is 10.8. The van der Waals surface area contributed by atoms with Crippen LogP contribution in [0.2, 0.25) is 0 Å².